The first-order valence-corrected chi connectivity index (χ1v) is 9.32. The van der Waals surface area contributed by atoms with Crippen molar-refractivity contribution in [1.29, 1.82) is 0 Å². The van der Waals surface area contributed by atoms with Crippen molar-refractivity contribution in [1.82, 2.24) is 10.6 Å². The van der Waals surface area contributed by atoms with Gasteiger partial charge in [-0.2, -0.15) is 0 Å². The number of hydrogen-bond donors (Lipinski definition) is 2. The summed E-state index contributed by atoms with van der Waals surface area (Å²) in [4.78, 5) is 23.7. The summed E-state index contributed by atoms with van der Waals surface area (Å²) in [6, 6.07) is 21.8. The summed E-state index contributed by atoms with van der Waals surface area (Å²) in [6.07, 6.45) is 0. The monoisotopic (exact) mass is 408 g/mol. The van der Waals surface area contributed by atoms with Crippen LogP contribution in [0, 0.1) is 5.82 Å². The lowest BCUT2D eigenvalue weighted by Gasteiger charge is -2.09. The Balaban J connectivity index is 1.36. The van der Waals surface area contributed by atoms with E-state index in [0.717, 1.165) is 5.56 Å². The zero-order valence-electron chi connectivity index (χ0n) is 16.1. The maximum Gasteiger partial charge on any atom is 0.258 e. The molecule has 0 atom stereocenters. The number of nitrogens with one attached hydrogen (secondary N) is 2. The van der Waals surface area contributed by atoms with Gasteiger partial charge < -0.3 is 20.1 Å². The maximum atomic E-state index is 12.9. The molecule has 3 aromatic rings. The van der Waals surface area contributed by atoms with Crippen LogP contribution < -0.4 is 20.1 Å². The lowest BCUT2D eigenvalue weighted by atomic mass is 10.2. The van der Waals surface area contributed by atoms with Gasteiger partial charge in [-0.3, -0.25) is 9.59 Å². The molecule has 0 unspecified atom stereocenters. The smallest absolute Gasteiger partial charge is 0.258 e. The molecule has 2 N–H and O–H groups in total. The van der Waals surface area contributed by atoms with Crippen LogP contribution in [0.4, 0.5) is 4.39 Å². The van der Waals surface area contributed by atoms with E-state index in [0.29, 0.717) is 23.8 Å². The predicted octanol–water partition coefficient (Wildman–Crippen LogP) is 3.43. The number of para-hydroxylation sites is 1. The number of hydrogen-bond acceptors (Lipinski definition) is 4. The highest BCUT2D eigenvalue weighted by atomic mass is 19.1. The van der Waals surface area contributed by atoms with Crippen LogP contribution in [0.2, 0.25) is 0 Å². The first-order chi connectivity index (χ1) is 14.6. The van der Waals surface area contributed by atoms with E-state index in [9.17, 15) is 14.0 Å². The Morgan fingerprint density at radius 1 is 0.733 bits per heavy atom. The molecule has 0 aliphatic carbocycles. The SMILES string of the molecule is O=C(CNC(=O)COc1ccccc1)NCc1ccc(Oc2ccc(F)cc2)cc1. The molecule has 0 saturated carbocycles. The molecule has 0 bridgehead atoms. The number of amides is 2. The Morgan fingerprint density at radius 2 is 1.37 bits per heavy atom. The quantitative estimate of drug-likeness (QED) is 0.569. The van der Waals surface area contributed by atoms with E-state index in [1.54, 1.807) is 36.4 Å². The van der Waals surface area contributed by atoms with Crippen LogP contribution in [-0.2, 0) is 16.1 Å². The summed E-state index contributed by atoms with van der Waals surface area (Å²) in [5.41, 5.74) is 0.869. The average molecular weight is 408 g/mol. The summed E-state index contributed by atoms with van der Waals surface area (Å²) in [5.74, 6) is 0.704. The Hall–Kier alpha value is -3.87. The topological polar surface area (TPSA) is 76.7 Å². The van der Waals surface area contributed by atoms with Gasteiger partial charge in [0.1, 0.15) is 23.1 Å². The van der Waals surface area contributed by atoms with Gasteiger partial charge in [0.15, 0.2) is 6.61 Å². The van der Waals surface area contributed by atoms with Crippen LogP contribution in [0.25, 0.3) is 0 Å². The van der Waals surface area contributed by atoms with Crippen molar-refractivity contribution >= 4 is 11.8 Å². The Bertz CT molecular complexity index is 961. The van der Waals surface area contributed by atoms with E-state index >= 15 is 0 Å². The van der Waals surface area contributed by atoms with Gasteiger partial charge in [0.25, 0.3) is 5.91 Å². The second-order valence-corrected chi connectivity index (χ2v) is 6.36. The van der Waals surface area contributed by atoms with E-state index < -0.39 is 0 Å². The van der Waals surface area contributed by atoms with Crippen molar-refractivity contribution in [3.8, 4) is 17.2 Å². The summed E-state index contributed by atoms with van der Waals surface area (Å²) in [5, 5.41) is 5.23. The summed E-state index contributed by atoms with van der Waals surface area (Å²) in [7, 11) is 0. The first kappa shape index (κ1) is 20.9. The third-order valence-corrected chi connectivity index (χ3v) is 4.02. The minimum absolute atomic E-state index is 0.136. The van der Waals surface area contributed by atoms with E-state index in [-0.39, 0.29) is 30.8 Å². The minimum atomic E-state index is -0.378. The van der Waals surface area contributed by atoms with Gasteiger partial charge >= 0.3 is 0 Å². The highest BCUT2D eigenvalue weighted by molar-refractivity contribution is 5.85. The van der Waals surface area contributed by atoms with Crippen molar-refractivity contribution in [3.05, 3.63) is 90.2 Å². The van der Waals surface area contributed by atoms with Crippen molar-refractivity contribution in [2.45, 2.75) is 6.54 Å². The van der Waals surface area contributed by atoms with E-state index in [1.807, 2.05) is 30.3 Å². The first-order valence-electron chi connectivity index (χ1n) is 9.32. The van der Waals surface area contributed by atoms with Gasteiger partial charge in [-0.15, -0.1) is 0 Å². The molecule has 0 heterocycles. The number of carbonyl (C=O) groups is 2. The Labute approximate surface area is 173 Å². The molecular formula is C23H21FN2O4. The van der Waals surface area contributed by atoms with E-state index in [2.05, 4.69) is 10.6 Å². The molecular weight excluding hydrogens is 387 g/mol. The summed E-state index contributed by atoms with van der Waals surface area (Å²) in [6.45, 7) is 0.0155. The van der Waals surface area contributed by atoms with Crippen LogP contribution in [0.3, 0.4) is 0 Å². The molecule has 30 heavy (non-hydrogen) atoms. The molecule has 0 aromatic heterocycles. The lowest BCUT2D eigenvalue weighted by molar-refractivity contribution is -0.127. The van der Waals surface area contributed by atoms with Crippen LogP contribution >= 0.6 is 0 Å². The molecule has 3 rings (SSSR count). The minimum Gasteiger partial charge on any atom is -0.484 e. The normalized spacial score (nSPS) is 10.2. The highest BCUT2D eigenvalue weighted by Gasteiger charge is 2.07. The molecule has 2 amide bonds. The number of halogens is 1. The fourth-order valence-electron chi connectivity index (χ4n) is 2.47. The number of carbonyl (C=O) groups excluding carboxylic acids is 2. The highest BCUT2D eigenvalue weighted by Crippen LogP contribution is 2.21. The molecule has 6 nitrogen and oxygen atoms in total. The molecule has 0 saturated heterocycles. The third kappa shape index (κ3) is 6.94. The third-order valence-electron chi connectivity index (χ3n) is 4.02. The molecule has 3 aromatic carbocycles. The van der Waals surface area contributed by atoms with Gasteiger partial charge in [0.2, 0.25) is 5.91 Å². The standard InChI is InChI=1S/C23H21FN2O4/c24-18-8-12-21(13-9-18)30-20-10-6-17(7-11-20)14-25-22(27)15-26-23(28)16-29-19-4-2-1-3-5-19/h1-13H,14-16H2,(H,25,27)(H,26,28). The zero-order chi connectivity index (χ0) is 21.2. The van der Waals surface area contributed by atoms with Gasteiger partial charge in [-0.25, -0.2) is 4.39 Å². The van der Waals surface area contributed by atoms with Crippen LogP contribution in [0.5, 0.6) is 17.2 Å². The fraction of sp³-hybridized carbons (Fsp3) is 0.130. The van der Waals surface area contributed by atoms with Crippen molar-refractivity contribution in [3.63, 3.8) is 0 Å². The Morgan fingerprint density at radius 3 is 2.03 bits per heavy atom. The van der Waals surface area contributed by atoms with Crippen LogP contribution in [-0.4, -0.2) is 25.0 Å². The molecule has 0 aliphatic heterocycles. The summed E-state index contributed by atoms with van der Waals surface area (Å²) >= 11 is 0. The van der Waals surface area contributed by atoms with Gasteiger partial charge in [-0.1, -0.05) is 30.3 Å². The summed E-state index contributed by atoms with van der Waals surface area (Å²) < 4.78 is 23.9. The van der Waals surface area contributed by atoms with Gasteiger partial charge in [0.05, 0.1) is 6.54 Å². The average Bonchev–Trinajstić information content (AvgIpc) is 2.78. The number of benzene rings is 3. The number of ether oxygens (including phenoxy) is 2. The van der Waals surface area contributed by atoms with Gasteiger partial charge in [0, 0.05) is 6.54 Å². The maximum absolute atomic E-state index is 12.9. The number of rotatable bonds is 9. The van der Waals surface area contributed by atoms with Gasteiger partial charge in [-0.05, 0) is 54.1 Å². The molecule has 0 fully saturated rings. The molecule has 0 spiro atoms. The lowest BCUT2D eigenvalue weighted by Crippen LogP contribution is -2.38. The van der Waals surface area contributed by atoms with Crippen molar-refractivity contribution < 1.29 is 23.5 Å². The van der Waals surface area contributed by atoms with Crippen molar-refractivity contribution in [2.75, 3.05) is 13.2 Å². The van der Waals surface area contributed by atoms with Crippen LogP contribution in [0.1, 0.15) is 5.56 Å². The molecule has 7 heteroatoms. The Kier molecular flexibility index (Phi) is 7.38. The molecule has 154 valence electrons. The van der Waals surface area contributed by atoms with Crippen molar-refractivity contribution in [2.24, 2.45) is 0 Å². The largest absolute Gasteiger partial charge is 0.484 e. The zero-order valence-corrected chi connectivity index (χ0v) is 16.1. The second kappa shape index (κ2) is 10.6. The molecule has 0 radical (unpaired) electrons. The van der Waals surface area contributed by atoms with E-state index in [1.165, 1.54) is 12.1 Å². The van der Waals surface area contributed by atoms with Crippen LogP contribution in [0.15, 0.2) is 78.9 Å². The second-order valence-electron chi connectivity index (χ2n) is 6.36. The molecule has 0 aliphatic rings. The predicted molar refractivity (Wildman–Crippen MR) is 110 cm³/mol. The fourth-order valence-corrected chi connectivity index (χ4v) is 2.47. The van der Waals surface area contributed by atoms with E-state index in [4.69, 9.17) is 9.47 Å².